The maximum absolute atomic E-state index is 12.5. The van der Waals surface area contributed by atoms with Gasteiger partial charge in [0.25, 0.3) is 0 Å². The highest BCUT2D eigenvalue weighted by molar-refractivity contribution is 6.00. The van der Waals surface area contributed by atoms with Crippen LogP contribution >= 0.6 is 0 Å². The molecule has 1 aliphatic rings. The van der Waals surface area contributed by atoms with E-state index in [-0.39, 0.29) is 30.2 Å². The Bertz CT molecular complexity index is 571. The summed E-state index contributed by atoms with van der Waals surface area (Å²) >= 11 is 0. The van der Waals surface area contributed by atoms with Crippen LogP contribution in [0.1, 0.15) is 52.4 Å². The van der Waals surface area contributed by atoms with E-state index in [2.05, 4.69) is 12.2 Å². The van der Waals surface area contributed by atoms with E-state index >= 15 is 0 Å². The largest absolute Gasteiger partial charge is 0.497 e. The zero-order chi connectivity index (χ0) is 18.2. The topological polar surface area (TPSA) is 58.6 Å². The molecule has 0 spiro atoms. The summed E-state index contributed by atoms with van der Waals surface area (Å²) in [7, 11) is 1.61. The van der Waals surface area contributed by atoms with Gasteiger partial charge in [-0.2, -0.15) is 0 Å². The van der Waals surface area contributed by atoms with Crippen LogP contribution in [0.4, 0.5) is 5.69 Å². The van der Waals surface area contributed by atoms with Gasteiger partial charge in [0.2, 0.25) is 11.8 Å². The van der Waals surface area contributed by atoms with Crippen LogP contribution in [0.25, 0.3) is 0 Å². The molecule has 0 aromatic heterocycles. The number of amides is 2. The highest BCUT2D eigenvalue weighted by atomic mass is 16.5. The van der Waals surface area contributed by atoms with E-state index in [1.807, 2.05) is 31.2 Å². The number of methoxy groups -OCH3 is 1. The molecule has 1 saturated heterocycles. The smallest absolute Gasteiger partial charge is 0.227 e. The average molecular weight is 346 g/mol. The van der Waals surface area contributed by atoms with Gasteiger partial charge in [-0.3, -0.25) is 9.59 Å². The molecular formula is C20H30N2O3. The molecule has 1 aromatic carbocycles. The number of nitrogens with one attached hydrogen (secondary N) is 1. The number of rotatable bonds is 9. The molecular weight excluding hydrogens is 316 g/mol. The highest BCUT2D eigenvalue weighted by Crippen LogP contribution is 2.27. The van der Waals surface area contributed by atoms with Gasteiger partial charge < -0.3 is 15.0 Å². The van der Waals surface area contributed by atoms with E-state index in [4.69, 9.17) is 4.74 Å². The van der Waals surface area contributed by atoms with Gasteiger partial charge in [-0.15, -0.1) is 0 Å². The van der Waals surface area contributed by atoms with Crippen molar-refractivity contribution in [2.24, 2.45) is 5.92 Å². The number of benzene rings is 1. The number of hydrogen-bond acceptors (Lipinski definition) is 3. The van der Waals surface area contributed by atoms with Gasteiger partial charge in [0.1, 0.15) is 5.75 Å². The molecule has 0 aliphatic carbocycles. The molecule has 0 saturated carbocycles. The second kappa shape index (κ2) is 9.44. The Kier molecular flexibility index (Phi) is 7.29. The Labute approximate surface area is 150 Å². The van der Waals surface area contributed by atoms with E-state index in [1.54, 1.807) is 12.0 Å². The van der Waals surface area contributed by atoms with Crippen molar-refractivity contribution in [2.45, 2.75) is 58.4 Å². The third-order valence-corrected chi connectivity index (χ3v) is 4.76. The zero-order valence-corrected chi connectivity index (χ0v) is 15.6. The molecule has 0 radical (unpaired) electrons. The van der Waals surface area contributed by atoms with Crippen LogP contribution < -0.4 is 15.0 Å². The first-order valence-electron chi connectivity index (χ1n) is 9.30. The van der Waals surface area contributed by atoms with Crippen LogP contribution in [-0.2, 0) is 9.59 Å². The SMILES string of the molecule is CCCCCCC(C)NC(=O)C1CC(=O)N(c2ccc(OC)cc2)C1. The molecule has 0 bridgehead atoms. The van der Waals surface area contributed by atoms with Crippen LogP contribution in [0.3, 0.4) is 0 Å². The fourth-order valence-electron chi connectivity index (χ4n) is 3.21. The van der Waals surface area contributed by atoms with Gasteiger partial charge >= 0.3 is 0 Å². The number of hydrogen-bond donors (Lipinski definition) is 1. The Hall–Kier alpha value is -2.04. The molecule has 138 valence electrons. The second-order valence-corrected chi connectivity index (χ2v) is 6.86. The first kappa shape index (κ1) is 19.3. The van der Waals surface area contributed by atoms with E-state index in [1.165, 1.54) is 19.3 Å². The quantitative estimate of drug-likeness (QED) is 0.696. The van der Waals surface area contributed by atoms with Gasteiger partial charge in [-0.1, -0.05) is 32.6 Å². The first-order valence-corrected chi connectivity index (χ1v) is 9.30. The van der Waals surface area contributed by atoms with E-state index in [9.17, 15) is 9.59 Å². The van der Waals surface area contributed by atoms with Crippen molar-refractivity contribution in [3.05, 3.63) is 24.3 Å². The fraction of sp³-hybridized carbons (Fsp3) is 0.600. The maximum atomic E-state index is 12.5. The molecule has 1 fully saturated rings. The molecule has 1 heterocycles. The second-order valence-electron chi connectivity index (χ2n) is 6.86. The predicted molar refractivity (Wildman–Crippen MR) is 99.8 cm³/mol. The summed E-state index contributed by atoms with van der Waals surface area (Å²) in [6.45, 7) is 4.68. The summed E-state index contributed by atoms with van der Waals surface area (Å²) in [5.41, 5.74) is 0.814. The van der Waals surface area contributed by atoms with Crippen molar-refractivity contribution in [3.8, 4) is 5.75 Å². The highest BCUT2D eigenvalue weighted by Gasteiger charge is 2.35. The minimum Gasteiger partial charge on any atom is -0.497 e. The van der Waals surface area contributed by atoms with Crippen molar-refractivity contribution in [1.82, 2.24) is 5.32 Å². The summed E-state index contributed by atoms with van der Waals surface area (Å²) in [6.07, 6.45) is 6.08. The summed E-state index contributed by atoms with van der Waals surface area (Å²) in [5, 5.41) is 3.07. The Morgan fingerprint density at radius 2 is 2.00 bits per heavy atom. The number of unbranched alkanes of at least 4 members (excludes halogenated alkanes) is 3. The molecule has 1 aromatic rings. The molecule has 2 atom stereocenters. The molecule has 1 aliphatic heterocycles. The molecule has 5 heteroatoms. The Morgan fingerprint density at radius 3 is 2.64 bits per heavy atom. The van der Waals surface area contributed by atoms with Crippen molar-refractivity contribution in [3.63, 3.8) is 0 Å². The van der Waals surface area contributed by atoms with Gasteiger partial charge in [-0.05, 0) is 37.6 Å². The fourth-order valence-corrected chi connectivity index (χ4v) is 3.21. The lowest BCUT2D eigenvalue weighted by Crippen LogP contribution is -2.38. The molecule has 25 heavy (non-hydrogen) atoms. The standard InChI is InChI=1S/C20H30N2O3/c1-4-5-6-7-8-15(2)21-20(24)16-13-19(23)22(14-16)17-9-11-18(25-3)12-10-17/h9-12,15-16H,4-8,13-14H2,1-3H3,(H,21,24). The molecule has 2 unspecified atom stereocenters. The van der Waals surface area contributed by atoms with E-state index in [0.29, 0.717) is 6.54 Å². The van der Waals surface area contributed by atoms with Crippen LogP contribution in [0.15, 0.2) is 24.3 Å². The number of ether oxygens (including phenoxy) is 1. The average Bonchev–Trinajstić information content (AvgIpc) is 3.01. The van der Waals surface area contributed by atoms with Gasteiger partial charge in [0, 0.05) is 24.7 Å². The lowest BCUT2D eigenvalue weighted by Gasteiger charge is -2.19. The molecule has 5 nitrogen and oxygen atoms in total. The Balaban J connectivity index is 1.84. The number of nitrogens with zero attached hydrogens (tertiary/aromatic N) is 1. The van der Waals surface area contributed by atoms with Crippen molar-refractivity contribution in [1.29, 1.82) is 0 Å². The number of anilines is 1. The lowest BCUT2D eigenvalue weighted by atomic mass is 10.1. The summed E-state index contributed by atoms with van der Waals surface area (Å²) in [6, 6.07) is 7.53. The number of carbonyl (C=O) groups is 2. The van der Waals surface area contributed by atoms with E-state index < -0.39 is 0 Å². The lowest BCUT2D eigenvalue weighted by molar-refractivity contribution is -0.126. The van der Waals surface area contributed by atoms with Gasteiger partial charge in [0.05, 0.1) is 13.0 Å². The van der Waals surface area contributed by atoms with Crippen molar-refractivity contribution >= 4 is 17.5 Å². The van der Waals surface area contributed by atoms with Crippen LogP contribution in [0.5, 0.6) is 5.75 Å². The van der Waals surface area contributed by atoms with Crippen molar-refractivity contribution in [2.75, 3.05) is 18.6 Å². The minimum absolute atomic E-state index is 0.000848. The third kappa shape index (κ3) is 5.48. The monoisotopic (exact) mass is 346 g/mol. The number of carbonyl (C=O) groups excluding carboxylic acids is 2. The zero-order valence-electron chi connectivity index (χ0n) is 15.6. The predicted octanol–water partition coefficient (Wildman–Crippen LogP) is 3.52. The summed E-state index contributed by atoms with van der Waals surface area (Å²) in [4.78, 5) is 26.4. The van der Waals surface area contributed by atoms with Crippen molar-refractivity contribution < 1.29 is 14.3 Å². The normalized spacial score (nSPS) is 18.3. The molecule has 2 rings (SSSR count). The molecule has 2 amide bonds. The van der Waals surface area contributed by atoms with Crippen LogP contribution in [-0.4, -0.2) is 31.5 Å². The summed E-state index contributed by atoms with van der Waals surface area (Å²) in [5.74, 6) is 0.475. The van der Waals surface area contributed by atoms with Gasteiger partial charge in [-0.25, -0.2) is 0 Å². The Morgan fingerprint density at radius 1 is 1.28 bits per heavy atom. The van der Waals surface area contributed by atoms with Crippen LogP contribution in [0, 0.1) is 5.92 Å². The van der Waals surface area contributed by atoms with Gasteiger partial charge in [0.15, 0.2) is 0 Å². The maximum Gasteiger partial charge on any atom is 0.227 e. The van der Waals surface area contributed by atoms with Crippen LogP contribution in [0.2, 0.25) is 0 Å². The third-order valence-electron chi connectivity index (χ3n) is 4.76. The first-order chi connectivity index (χ1) is 12.0. The minimum atomic E-state index is -0.271. The summed E-state index contributed by atoms with van der Waals surface area (Å²) < 4.78 is 5.14. The van der Waals surface area contributed by atoms with E-state index in [0.717, 1.165) is 24.3 Å². The molecule has 1 N–H and O–H groups in total.